The highest BCUT2D eigenvalue weighted by Gasteiger charge is 2.14. The molecule has 0 saturated heterocycles. The molecule has 0 unspecified atom stereocenters. The highest BCUT2D eigenvalue weighted by atomic mass is 35.5. The summed E-state index contributed by atoms with van der Waals surface area (Å²) in [7, 11) is 0. The zero-order valence-corrected chi connectivity index (χ0v) is 12.9. The van der Waals surface area contributed by atoms with Crippen molar-refractivity contribution in [2.45, 2.75) is 6.92 Å². The molecule has 2 aromatic carbocycles. The summed E-state index contributed by atoms with van der Waals surface area (Å²) in [5.41, 5.74) is 5.61. The Balaban J connectivity index is 2.21. The van der Waals surface area contributed by atoms with Gasteiger partial charge in [-0.1, -0.05) is 11.6 Å². The van der Waals surface area contributed by atoms with Crippen LogP contribution in [0.2, 0.25) is 5.02 Å². The third kappa shape index (κ3) is 3.89. The molecule has 0 saturated carbocycles. The van der Waals surface area contributed by atoms with E-state index < -0.39 is 10.9 Å². The van der Waals surface area contributed by atoms with E-state index in [0.717, 1.165) is 0 Å². The van der Waals surface area contributed by atoms with Crippen LogP contribution in [0.1, 0.15) is 17.3 Å². The van der Waals surface area contributed by atoms with E-state index in [0.29, 0.717) is 11.5 Å². The van der Waals surface area contributed by atoms with Gasteiger partial charge >= 0.3 is 5.97 Å². The molecule has 0 aromatic heterocycles. The van der Waals surface area contributed by atoms with Crippen LogP contribution in [0.25, 0.3) is 0 Å². The lowest BCUT2D eigenvalue weighted by Gasteiger charge is -2.09. The van der Waals surface area contributed by atoms with Crippen molar-refractivity contribution >= 4 is 28.9 Å². The number of nitrogen functional groups attached to an aromatic ring is 1. The summed E-state index contributed by atoms with van der Waals surface area (Å²) in [6, 6.07) is 8.47. The van der Waals surface area contributed by atoms with E-state index in [1.165, 1.54) is 36.4 Å². The number of nitro benzene ring substituents is 1. The van der Waals surface area contributed by atoms with Gasteiger partial charge in [0.25, 0.3) is 5.69 Å². The highest BCUT2D eigenvalue weighted by Crippen LogP contribution is 2.31. The zero-order valence-electron chi connectivity index (χ0n) is 12.1. The van der Waals surface area contributed by atoms with Crippen LogP contribution in [-0.4, -0.2) is 17.5 Å². The van der Waals surface area contributed by atoms with E-state index in [4.69, 9.17) is 26.8 Å². The van der Waals surface area contributed by atoms with Gasteiger partial charge in [0.1, 0.15) is 17.2 Å². The lowest BCUT2D eigenvalue weighted by atomic mass is 10.2. The van der Waals surface area contributed by atoms with Gasteiger partial charge in [0.05, 0.1) is 22.1 Å². The molecular weight excluding hydrogens is 324 g/mol. The smallest absolute Gasteiger partial charge is 0.339 e. The first kappa shape index (κ1) is 16.6. The number of rotatable bonds is 5. The third-order valence-electron chi connectivity index (χ3n) is 2.87. The summed E-state index contributed by atoms with van der Waals surface area (Å²) in [6.07, 6.45) is 0. The van der Waals surface area contributed by atoms with Crippen molar-refractivity contribution in [2.24, 2.45) is 0 Å². The Morgan fingerprint density at radius 1 is 1.26 bits per heavy atom. The highest BCUT2D eigenvalue weighted by molar-refractivity contribution is 6.33. The Morgan fingerprint density at radius 3 is 2.48 bits per heavy atom. The number of nitro groups is 1. The molecule has 0 bridgehead atoms. The van der Waals surface area contributed by atoms with Crippen molar-refractivity contribution in [2.75, 3.05) is 12.3 Å². The molecule has 23 heavy (non-hydrogen) atoms. The summed E-state index contributed by atoms with van der Waals surface area (Å²) >= 11 is 6.03. The van der Waals surface area contributed by atoms with Crippen LogP contribution in [-0.2, 0) is 4.74 Å². The van der Waals surface area contributed by atoms with Gasteiger partial charge in [0, 0.05) is 18.2 Å². The fraction of sp³-hybridized carbons (Fsp3) is 0.133. The van der Waals surface area contributed by atoms with Crippen molar-refractivity contribution in [3.05, 3.63) is 57.1 Å². The topological polar surface area (TPSA) is 105 Å². The van der Waals surface area contributed by atoms with E-state index >= 15 is 0 Å². The molecule has 0 radical (unpaired) electrons. The van der Waals surface area contributed by atoms with Gasteiger partial charge in [0.2, 0.25) is 0 Å². The number of nitrogens with two attached hydrogens (primary N) is 1. The molecule has 0 aliphatic carbocycles. The fourth-order valence-electron chi connectivity index (χ4n) is 1.83. The molecule has 0 aliphatic heterocycles. The predicted molar refractivity (Wildman–Crippen MR) is 85.0 cm³/mol. The number of hydrogen-bond acceptors (Lipinski definition) is 6. The van der Waals surface area contributed by atoms with Crippen LogP contribution >= 0.6 is 11.6 Å². The molecular formula is C15H13ClN2O5. The predicted octanol–water partition coefficient (Wildman–Crippen LogP) is 3.80. The number of hydrogen-bond donors (Lipinski definition) is 1. The Hall–Kier alpha value is -2.80. The first-order valence-electron chi connectivity index (χ1n) is 6.60. The average Bonchev–Trinajstić information content (AvgIpc) is 2.47. The number of ether oxygens (including phenoxy) is 2. The van der Waals surface area contributed by atoms with Gasteiger partial charge in [-0.3, -0.25) is 10.1 Å². The second-order valence-electron chi connectivity index (χ2n) is 4.44. The number of halogens is 1. The molecule has 8 heteroatoms. The molecule has 0 spiro atoms. The van der Waals surface area contributed by atoms with Crippen molar-refractivity contribution in [3.8, 4) is 11.5 Å². The lowest BCUT2D eigenvalue weighted by Crippen LogP contribution is -2.05. The number of carbonyl (C=O) groups is 1. The Bertz CT molecular complexity index is 764. The minimum absolute atomic E-state index is 0.0123. The molecule has 0 fully saturated rings. The van der Waals surface area contributed by atoms with Crippen LogP contribution in [0.5, 0.6) is 11.5 Å². The monoisotopic (exact) mass is 336 g/mol. The maximum atomic E-state index is 11.7. The molecule has 2 aromatic rings. The summed E-state index contributed by atoms with van der Waals surface area (Å²) in [6.45, 7) is 1.94. The Labute approximate surface area is 136 Å². The van der Waals surface area contributed by atoms with E-state index in [2.05, 4.69) is 0 Å². The Morgan fingerprint density at radius 2 is 1.91 bits per heavy atom. The number of anilines is 1. The Kier molecular flexibility index (Phi) is 5.02. The van der Waals surface area contributed by atoms with E-state index in [9.17, 15) is 14.9 Å². The number of nitrogens with zero attached hydrogens (tertiary/aromatic N) is 1. The van der Waals surface area contributed by atoms with E-state index in [1.807, 2.05) is 0 Å². The number of benzene rings is 2. The van der Waals surface area contributed by atoms with Gasteiger partial charge in [-0.05, 0) is 25.1 Å². The molecule has 0 atom stereocenters. The van der Waals surface area contributed by atoms with Crippen LogP contribution in [0.15, 0.2) is 36.4 Å². The van der Waals surface area contributed by atoms with Crippen LogP contribution in [0.4, 0.5) is 11.4 Å². The van der Waals surface area contributed by atoms with Gasteiger partial charge in [0.15, 0.2) is 0 Å². The molecule has 0 amide bonds. The molecule has 120 valence electrons. The first-order chi connectivity index (χ1) is 10.9. The maximum Gasteiger partial charge on any atom is 0.339 e. The molecule has 2 rings (SSSR count). The van der Waals surface area contributed by atoms with Crippen molar-refractivity contribution in [1.29, 1.82) is 0 Å². The van der Waals surface area contributed by atoms with Crippen LogP contribution < -0.4 is 10.5 Å². The summed E-state index contributed by atoms with van der Waals surface area (Å²) in [4.78, 5) is 21.8. The number of carbonyl (C=O) groups excluding carboxylic acids is 1. The number of esters is 1. The molecule has 2 N–H and O–H groups in total. The minimum Gasteiger partial charge on any atom is -0.462 e. The van der Waals surface area contributed by atoms with E-state index in [1.54, 1.807) is 6.92 Å². The quantitative estimate of drug-likeness (QED) is 0.385. The van der Waals surface area contributed by atoms with Crippen molar-refractivity contribution in [3.63, 3.8) is 0 Å². The average molecular weight is 337 g/mol. The SMILES string of the molecule is CCOC(=O)c1ccc(Oc2ccc([N+](=O)[O-])c(N)c2)cc1Cl. The lowest BCUT2D eigenvalue weighted by molar-refractivity contribution is -0.383. The molecule has 0 heterocycles. The second-order valence-corrected chi connectivity index (χ2v) is 4.85. The van der Waals surface area contributed by atoms with Gasteiger partial charge in [-0.15, -0.1) is 0 Å². The molecule has 0 aliphatic rings. The third-order valence-corrected chi connectivity index (χ3v) is 3.18. The standard InChI is InChI=1S/C15H13ClN2O5/c1-2-22-15(19)11-5-3-9(7-12(11)16)23-10-4-6-14(18(20)21)13(17)8-10/h3-8H,2,17H2,1H3. The fourth-order valence-corrected chi connectivity index (χ4v) is 2.08. The maximum absolute atomic E-state index is 11.7. The van der Waals surface area contributed by atoms with Gasteiger partial charge < -0.3 is 15.2 Å². The second kappa shape index (κ2) is 6.97. The molecule has 7 nitrogen and oxygen atoms in total. The van der Waals surface area contributed by atoms with Gasteiger partial charge in [-0.2, -0.15) is 0 Å². The van der Waals surface area contributed by atoms with Crippen molar-refractivity contribution < 1.29 is 19.2 Å². The first-order valence-corrected chi connectivity index (χ1v) is 6.98. The van der Waals surface area contributed by atoms with Crippen molar-refractivity contribution in [1.82, 2.24) is 0 Å². The normalized spacial score (nSPS) is 10.2. The minimum atomic E-state index is -0.579. The summed E-state index contributed by atoms with van der Waals surface area (Å²) < 4.78 is 10.4. The van der Waals surface area contributed by atoms with Gasteiger partial charge in [-0.25, -0.2) is 4.79 Å². The summed E-state index contributed by atoms with van der Waals surface area (Å²) in [5, 5.41) is 10.9. The largest absolute Gasteiger partial charge is 0.462 e. The zero-order chi connectivity index (χ0) is 17.0. The van der Waals surface area contributed by atoms with Crippen LogP contribution in [0.3, 0.4) is 0 Å². The van der Waals surface area contributed by atoms with E-state index in [-0.39, 0.29) is 28.6 Å². The van der Waals surface area contributed by atoms with Crippen LogP contribution in [0, 0.1) is 10.1 Å². The summed E-state index contributed by atoms with van der Waals surface area (Å²) in [5.74, 6) is 0.146.